The van der Waals surface area contributed by atoms with Crippen molar-refractivity contribution in [3.63, 3.8) is 0 Å². The van der Waals surface area contributed by atoms with E-state index in [9.17, 15) is 0 Å². The molecule has 2 rings (SSSR count). The van der Waals surface area contributed by atoms with E-state index in [1.54, 1.807) is 7.11 Å². The van der Waals surface area contributed by atoms with E-state index in [0.29, 0.717) is 18.1 Å². The molecule has 0 saturated heterocycles. The lowest BCUT2D eigenvalue weighted by Crippen LogP contribution is -2.30. The Hall–Kier alpha value is -1.06. The van der Waals surface area contributed by atoms with Gasteiger partial charge in [0.1, 0.15) is 5.75 Å². The van der Waals surface area contributed by atoms with Crippen molar-refractivity contribution in [2.45, 2.75) is 51.7 Å². The molecule has 1 atom stereocenters. The summed E-state index contributed by atoms with van der Waals surface area (Å²) in [6.07, 6.45) is 5.28. The molecule has 1 aliphatic rings. The Balaban J connectivity index is 1.91. The van der Waals surface area contributed by atoms with E-state index in [2.05, 4.69) is 25.2 Å². The zero-order valence-electron chi connectivity index (χ0n) is 13.8. The average Bonchev–Trinajstić information content (AvgIpc) is 2.49. The number of para-hydroxylation sites is 1. The molecule has 1 N–H and O–H groups in total. The SMILES string of the molecule is CNC(COC1CCC(C)(C)CC1)c1ccccc1OC. The van der Waals surface area contributed by atoms with Crippen molar-refractivity contribution in [2.24, 2.45) is 5.41 Å². The van der Waals surface area contributed by atoms with Crippen LogP contribution in [0.1, 0.15) is 51.1 Å². The molecule has 1 unspecified atom stereocenters. The summed E-state index contributed by atoms with van der Waals surface area (Å²) in [5.74, 6) is 0.922. The molecule has 1 aromatic rings. The molecular formula is C18H29NO2. The Bertz CT molecular complexity index is 435. The van der Waals surface area contributed by atoms with Crippen LogP contribution in [0, 0.1) is 5.41 Å². The maximum absolute atomic E-state index is 6.17. The molecule has 0 amide bonds. The number of ether oxygens (including phenoxy) is 2. The van der Waals surface area contributed by atoms with Gasteiger partial charge in [-0.05, 0) is 44.2 Å². The number of hydrogen-bond acceptors (Lipinski definition) is 3. The van der Waals surface area contributed by atoms with Crippen LogP contribution in [-0.2, 0) is 4.74 Å². The lowest BCUT2D eigenvalue weighted by molar-refractivity contribution is -0.00525. The van der Waals surface area contributed by atoms with Crippen molar-refractivity contribution < 1.29 is 9.47 Å². The number of nitrogens with one attached hydrogen (secondary N) is 1. The zero-order chi connectivity index (χ0) is 15.3. The summed E-state index contributed by atoms with van der Waals surface area (Å²) in [5.41, 5.74) is 1.66. The Morgan fingerprint density at radius 3 is 2.52 bits per heavy atom. The van der Waals surface area contributed by atoms with Gasteiger partial charge in [0.25, 0.3) is 0 Å². The predicted octanol–water partition coefficient (Wildman–Crippen LogP) is 3.94. The third kappa shape index (κ3) is 4.45. The van der Waals surface area contributed by atoms with Gasteiger partial charge >= 0.3 is 0 Å². The van der Waals surface area contributed by atoms with Crippen molar-refractivity contribution in [3.05, 3.63) is 29.8 Å². The van der Waals surface area contributed by atoms with Gasteiger partial charge in [-0.25, -0.2) is 0 Å². The van der Waals surface area contributed by atoms with E-state index in [-0.39, 0.29) is 6.04 Å². The van der Waals surface area contributed by atoms with Crippen LogP contribution in [0.4, 0.5) is 0 Å². The van der Waals surface area contributed by atoms with Gasteiger partial charge in [0.15, 0.2) is 0 Å². The standard InChI is InChI=1S/C18H29NO2/c1-18(2)11-9-14(10-12-18)21-13-16(19-3)15-7-5-6-8-17(15)20-4/h5-8,14,16,19H,9-13H2,1-4H3. The molecule has 0 spiro atoms. The average molecular weight is 291 g/mol. The summed E-state index contributed by atoms with van der Waals surface area (Å²) < 4.78 is 11.6. The van der Waals surface area contributed by atoms with Crippen molar-refractivity contribution >= 4 is 0 Å². The van der Waals surface area contributed by atoms with E-state index < -0.39 is 0 Å². The molecule has 0 aliphatic heterocycles. The van der Waals surface area contributed by atoms with E-state index >= 15 is 0 Å². The number of rotatable bonds is 6. The molecular weight excluding hydrogens is 262 g/mol. The van der Waals surface area contributed by atoms with Gasteiger partial charge in [0.2, 0.25) is 0 Å². The van der Waals surface area contributed by atoms with E-state index in [1.165, 1.54) is 31.2 Å². The maximum atomic E-state index is 6.17. The Kier molecular flexibility index (Phi) is 5.65. The normalized spacial score (nSPS) is 20.2. The first-order valence-electron chi connectivity index (χ1n) is 7.97. The largest absolute Gasteiger partial charge is 0.496 e. The minimum Gasteiger partial charge on any atom is -0.496 e. The molecule has 1 saturated carbocycles. The van der Waals surface area contributed by atoms with Crippen LogP contribution in [-0.4, -0.2) is 26.9 Å². The first kappa shape index (κ1) is 16.3. The van der Waals surface area contributed by atoms with Crippen LogP contribution < -0.4 is 10.1 Å². The van der Waals surface area contributed by atoms with Gasteiger partial charge in [-0.2, -0.15) is 0 Å². The summed E-state index contributed by atoms with van der Waals surface area (Å²) in [4.78, 5) is 0. The molecule has 21 heavy (non-hydrogen) atoms. The second-order valence-corrected chi connectivity index (χ2v) is 6.78. The number of hydrogen-bond donors (Lipinski definition) is 1. The summed E-state index contributed by atoms with van der Waals surface area (Å²) in [7, 11) is 3.69. The molecule has 0 bridgehead atoms. The van der Waals surface area contributed by atoms with Crippen LogP contribution in [0.25, 0.3) is 0 Å². The topological polar surface area (TPSA) is 30.5 Å². The lowest BCUT2D eigenvalue weighted by Gasteiger charge is -2.34. The summed E-state index contributed by atoms with van der Waals surface area (Å²) in [6, 6.07) is 8.33. The van der Waals surface area contributed by atoms with E-state index in [1.807, 2.05) is 25.2 Å². The van der Waals surface area contributed by atoms with Crippen LogP contribution in [0.5, 0.6) is 5.75 Å². The number of likely N-dealkylation sites (N-methyl/N-ethyl adjacent to an activating group) is 1. The highest BCUT2D eigenvalue weighted by molar-refractivity contribution is 5.35. The second-order valence-electron chi connectivity index (χ2n) is 6.78. The van der Waals surface area contributed by atoms with E-state index in [0.717, 1.165) is 5.75 Å². The predicted molar refractivity (Wildman–Crippen MR) is 86.8 cm³/mol. The van der Waals surface area contributed by atoms with Gasteiger partial charge in [-0.3, -0.25) is 0 Å². The third-order valence-corrected chi connectivity index (χ3v) is 4.65. The minimum absolute atomic E-state index is 0.177. The minimum atomic E-state index is 0.177. The maximum Gasteiger partial charge on any atom is 0.123 e. The van der Waals surface area contributed by atoms with Crippen LogP contribution in [0.2, 0.25) is 0 Å². The molecule has 0 aromatic heterocycles. The van der Waals surface area contributed by atoms with Crippen molar-refractivity contribution in [3.8, 4) is 5.75 Å². The van der Waals surface area contributed by atoms with Gasteiger partial charge in [0.05, 0.1) is 25.9 Å². The number of methoxy groups -OCH3 is 1. The first-order valence-corrected chi connectivity index (χ1v) is 7.97. The second kappa shape index (κ2) is 7.28. The van der Waals surface area contributed by atoms with Crippen LogP contribution in [0.15, 0.2) is 24.3 Å². The Labute approximate surface area is 129 Å². The monoisotopic (exact) mass is 291 g/mol. The smallest absolute Gasteiger partial charge is 0.123 e. The summed E-state index contributed by atoms with van der Waals surface area (Å²) in [6.45, 7) is 5.41. The number of benzene rings is 1. The van der Waals surface area contributed by atoms with Crippen molar-refractivity contribution in [1.29, 1.82) is 0 Å². The van der Waals surface area contributed by atoms with Crippen molar-refractivity contribution in [1.82, 2.24) is 5.32 Å². The van der Waals surface area contributed by atoms with Gasteiger partial charge < -0.3 is 14.8 Å². The summed E-state index contributed by atoms with van der Waals surface area (Å²) >= 11 is 0. The highest BCUT2D eigenvalue weighted by Gasteiger charge is 2.27. The fourth-order valence-electron chi connectivity index (χ4n) is 3.05. The first-order chi connectivity index (χ1) is 10.1. The molecule has 0 radical (unpaired) electrons. The molecule has 1 aromatic carbocycles. The molecule has 118 valence electrons. The highest BCUT2D eigenvalue weighted by atomic mass is 16.5. The highest BCUT2D eigenvalue weighted by Crippen LogP contribution is 2.36. The quantitative estimate of drug-likeness (QED) is 0.861. The zero-order valence-corrected chi connectivity index (χ0v) is 13.8. The van der Waals surface area contributed by atoms with Gasteiger partial charge in [0, 0.05) is 5.56 Å². The Morgan fingerprint density at radius 2 is 1.90 bits per heavy atom. The van der Waals surface area contributed by atoms with Gasteiger partial charge in [-0.15, -0.1) is 0 Å². The third-order valence-electron chi connectivity index (χ3n) is 4.65. The Morgan fingerprint density at radius 1 is 1.24 bits per heavy atom. The van der Waals surface area contributed by atoms with Crippen molar-refractivity contribution in [2.75, 3.05) is 20.8 Å². The fourth-order valence-corrected chi connectivity index (χ4v) is 3.05. The molecule has 0 heterocycles. The summed E-state index contributed by atoms with van der Waals surface area (Å²) in [5, 5.41) is 3.34. The fraction of sp³-hybridized carbons (Fsp3) is 0.667. The lowest BCUT2D eigenvalue weighted by atomic mass is 9.76. The molecule has 3 heteroatoms. The van der Waals surface area contributed by atoms with Gasteiger partial charge in [-0.1, -0.05) is 32.0 Å². The van der Waals surface area contributed by atoms with Crippen LogP contribution in [0.3, 0.4) is 0 Å². The van der Waals surface area contributed by atoms with E-state index in [4.69, 9.17) is 9.47 Å². The molecule has 1 aliphatic carbocycles. The molecule has 3 nitrogen and oxygen atoms in total. The van der Waals surface area contributed by atoms with Crippen LogP contribution >= 0.6 is 0 Å². The molecule has 1 fully saturated rings.